The normalized spacial score (nSPS) is 23.3. The van der Waals surface area contributed by atoms with Crippen molar-refractivity contribution in [1.29, 1.82) is 0 Å². The molecule has 0 aromatic carbocycles. The van der Waals surface area contributed by atoms with Crippen molar-refractivity contribution >= 4 is 5.91 Å². The fourth-order valence-corrected chi connectivity index (χ4v) is 2.89. The average molecular weight is 254 g/mol. The largest absolute Gasteiger partial charge is 0.342 e. The van der Waals surface area contributed by atoms with Gasteiger partial charge in [0.15, 0.2) is 0 Å². The van der Waals surface area contributed by atoms with E-state index in [1.165, 1.54) is 32.5 Å². The lowest BCUT2D eigenvalue weighted by molar-refractivity contribution is -0.131. The molecule has 0 atom stereocenters. The Morgan fingerprint density at radius 1 is 1.22 bits per heavy atom. The van der Waals surface area contributed by atoms with E-state index in [1.54, 1.807) is 0 Å². The number of piperazine rings is 1. The maximum atomic E-state index is 11.7. The van der Waals surface area contributed by atoms with Gasteiger partial charge in [0.1, 0.15) is 0 Å². The van der Waals surface area contributed by atoms with E-state index in [1.807, 2.05) is 11.9 Å². The van der Waals surface area contributed by atoms with Gasteiger partial charge >= 0.3 is 0 Å². The number of amides is 1. The Bertz CT molecular complexity index is 258. The first-order valence-electron chi connectivity index (χ1n) is 7.15. The molecule has 0 radical (unpaired) electrons. The Balaban J connectivity index is 1.68. The molecule has 104 valence electrons. The first-order chi connectivity index (χ1) is 8.79. The number of piperidine rings is 1. The van der Waals surface area contributed by atoms with Gasteiger partial charge in [-0.15, -0.1) is 0 Å². The number of hydrogen-bond donors (Lipinski definition) is 2. The fourth-order valence-electron chi connectivity index (χ4n) is 2.89. The molecule has 2 N–H and O–H groups in total. The molecule has 2 aliphatic rings. The number of likely N-dealkylation sites (tertiary alicyclic amines) is 1. The third-order valence-corrected chi connectivity index (χ3v) is 4.02. The van der Waals surface area contributed by atoms with E-state index >= 15 is 0 Å². The van der Waals surface area contributed by atoms with Crippen LogP contribution in [0.25, 0.3) is 0 Å². The summed E-state index contributed by atoms with van der Waals surface area (Å²) in [6.07, 6.45) is 2.33. The van der Waals surface area contributed by atoms with Crippen molar-refractivity contribution in [2.24, 2.45) is 5.92 Å². The number of hydrogen-bond acceptors (Lipinski definition) is 4. The number of rotatable bonds is 4. The maximum absolute atomic E-state index is 11.7. The van der Waals surface area contributed by atoms with Gasteiger partial charge in [-0.2, -0.15) is 0 Å². The Labute approximate surface area is 110 Å². The maximum Gasteiger partial charge on any atom is 0.236 e. The smallest absolute Gasteiger partial charge is 0.236 e. The van der Waals surface area contributed by atoms with Gasteiger partial charge in [0, 0.05) is 45.8 Å². The van der Waals surface area contributed by atoms with Crippen molar-refractivity contribution in [2.45, 2.75) is 12.8 Å². The van der Waals surface area contributed by atoms with Crippen LogP contribution >= 0.6 is 0 Å². The number of likely N-dealkylation sites (N-methyl/N-ethyl adjacent to an activating group) is 1. The van der Waals surface area contributed by atoms with E-state index < -0.39 is 0 Å². The number of carbonyl (C=O) groups excluding carboxylic acids is 1. The van der Waals surface area contributed by atoms with Crippen molar-refractivity contribution in [3.05, 3.63) is 0 Å². The summed E-state index contributed by atoms with van der Waals surface area (Å²) >= 11 is 0. The topological polar surface area (TPSA) is 47.6 Å². The van der Waals surface area contributed by atoms with E-state index in [2.05, 4.69) is 15.5 Å². The minimum Gasteiger partial charge on any atom is -0.342 e. The van der Waals surface area contributed by atoms with Crippen LogP contribution in [0, 0.1) is 5.92 Å². The highest BCUT2D eigenvalue weighted by molar-refractivity contribution is 5.78. The Kier molecular flexibility index (Phi) is 5.41. The molecule has 0 aromatic heterocycles. The summed E-state index contributed by atoms with van der Waals surface area (Å²) in [5.41, 5.74) is 0. The second kappa shape index (κ2) is 7.07. The SMILES string of the molecule is CNCC(=O)N1CCC(CN2CCNCC2)CC1. The minimum absolute atomic E-state index is 0.248. The molecule has 0 saturated carbocycles. The lowest BCUT2D eigenvalue weighted by Gasteiger charge is -2.36. The van der Waals surface area contributed by atoms with Crippen LogP contribution in [-0.2, 0) is 4.79 Å². The molecule has 0 aliphatic carbocycles. The molecule has 5 nitrogen and oxygen atoms in total. The molecule has 0 aromatic rings. The fraction of sp³-hybridized carbons (Fsp3) is 0.923. The van der Waals surface area contributed by atoms with E-state index in [-0.39, 0.29) is 5.91 Å². The quantitative estimate of drug-likeness (QED) is 0.700. The molecule has 18 heavy (non-hydrogen) atoms. The lowest BCUT2D eigenvalue weighted by atomic mass is 9.96. The number of nitrogens with zero attached hydrogens (tertiary/aromatic N) is 2. The van der Waals surface area contributed by atoms with Crippen LogP contribution in [0.5, 0.6) is 0 Å². The van der Waals surface area contributed by atoms with E-state index in [0.29, 0.717) is 6.54 Å². The molecular weight excluding hydrogens is 228 g/mol. The summed E-state index contributed by atoms with van der Waals surface area (Å²) in [4.78, 5) is 16.3. The second-order valence-electron chi connectivity index (χ2n) is 5.41. The third kappa shape index (κ3) is 3.93. The highest BCUT2D eigenvalue weighted by atomic mass is 16.2. The molecule has 2 saturated heterocycles. The molecule has 5 heteroatoms. The average Bonchev–Trinajstić information content (AvgIpc) is 2.41. The zero-order valence-electron chi connectivity index (χ0n) is 11.5. The lowest BCUT2D eigenvalue weighted by Crippen LogP contribution is -2.48. The van der Waals surface area contributed by atoms with E-state index in [0.717, 1.165) is 32.1 Å². The predicted octanol–water partition coefficient (Wildman–Crippen LogP) is -0.650. The van der Waals surface area contributed by atoms with Crippen LogP contribution in [-0.4, -0.2) is 75.1 Å². The van der Waals surface area contributed by atoms with Gasteiger partial charge in [0.2, 0.25) is 5.91 Å². The molecule has 2 rings (SSSR count). The molecule has 2 heterocycles. The van der Waals surface area contributed by atoms with E-state index in [4.69, 9.17) is 0 Å². The first kappa shape index (κ1) is 13.8. The van der Waals surface area contributed by atoms with Gasteiger partial charge in [-0.3, -0.25) is 4.79 Å². The van der Waals surface area contributed by atoms with Crippen molar-refractivity contribution in [1.82, 2.24) is 20.4 Å². The van der Waals surface area contributed by atoms with Gasteiger partial charge in [0.25, 0.3) is 0 Å². The Morgan fingerprint density at radius 3 is 2.50 bits per heavy atom. The van der Waals surface area contributed by atoms with E-state index in [9.17, 15) is 4.79 Å². The predicted molar refractivity (Wildman–Crippen MR) is 72.5 cm³/mol. The monoisotopic (exact) mass is 254 g/mol. The van der Waals surface area contributed by atoms with Gasteiger partial charge < -0.3 is 20.4 Å². The highest BCUT2D eigenvalue weighted by Gasteiger charge is 2.24. The summed E-state index contributed by atoms with van der Waals surface area (Å²) in [6, 6.07) is 0. The second-order valence-corrected chi connectivity index (χ2v) is 5.41. The summed E-state index contributed by atoms with van der Waals surface area (Å²) in [7, 11) is 1.83. The number of nitrogens with one attached hydrogen (secondary N) is 2. The standard InChI is InChI=1S/C13H26N4O/c1-14-10-13(18)17-6-2-12(3-7-17)11-16-8-4-15-5-9-16/h12,14-15H,2-11H2,1H3. The zero-order valence-corrected chi connectivity index (χ0v) is 11.5. The van der Waals surface area contributed by atoms with Crippen LogP contribution < -0.4 is 10.6 Å². The van der Waals surface area contributed by atoms with Gasteiger partial charge in [-0.1, -0.05) is 0 Å². The van der Waals surface area contributed by atoms with Crippen LogP contribution in [0.2, 0.25) is 0 Å². The van der Waals surface area contributed by atoms with Crippen molar-refractivity contribution in [2.75, 3.05) is 59.4 Å². The summed E-state index contributed by atoms with van der Waals surface area (Å²) in [5.74, 6) is 1.03. The Hall–Kier alpha value is -0.650. The number of carbonyl (C=O) groups is 1. The first-order valence-corrected chi connectivity index (χ1v) is 7.15. The van der Waals surface area contributed by atoms with Crippen molar-refractivity contribution in [3.8, 4) is 0 Å². The minimum atomic E-state index is 0.248. The summed E-state index contributed by atoms with van der Waals surface area (Å²) in [6.45, 7) is 8.18. The Morgan fingerprint density at radius 2 is 1.89 bits per heavy atom. The van der Waals surface area contributed by atoms with Gasteiger partial charge in [-0.25, -0.2) is 0 Å². The van der Waals surface area contributed by atoms with Crippen LogP contribution in [0.15, 0.2) is 0 Å². The molecular formula is C13H26N4O. The zero-order chi connectivity index (χ0) is 12.8. The summed E-state index contributed by atoms with van der Waals surface area (Å²) < 4.78 is 0. The molecule has 2 aliphatic heterocycles. The molecule has 0 unspecified atom stereocenters. The molecule has 0 bridgehead atoms. The van der Waals surface area contributed by atoms with Crippen LogP contribution in [0.1, 0.15) is 12.8 Å². The molecule has 2 fully saturated rings. The van der Waals surface area contributed by atoms with Crippen LogP contribution in [0.3, 0.4) is 0 Å². The highest BCUT2D eigenvalue weighted by Crippen LogP contribution is 2.18. The van der Waals surface area contributed by atoms with Gasteiger partial charge in [0.05, 0.1) is 6.54 Å². The summed E-state index contributed by atoms with van der Waals surface area (Å²) in [5, 5.41) is 6.32. The van der Waals surface area contributed by atoms with Gasteiger partial charge in [-0.05, 0) is 25.8 Å². The van der Waals surface area contributed by atoms with Crippen molar-refractivity contribution in [3.63, 3.8) is 0 Å². The third-order valence-electron chi connectivity index (χ3n) is 4.02. The molecule has 1 amide bonds. The van der Waals surface area contributed by atoms with Crippen molar-refractivity contribution < 1.29 is 4.79 Å². The molecule has 0 spiro atoms. The van der Waals surface area contributed by atoms with Crippen LogP contribution in [0.4, 0.5) is 0 Å².